The molecular weight excluding hydrogens is 450 g/mol. The lowest BCUT2D eigenvalue weighted by Crippen LogP contribution is -2.11. The number of hydrogen-bond acceptors (Lipinski definition) is 2. The molecule has 0 amide bonds. The van der Waals surface area contributed by atoms with E-state index in [0.29, 0.717) is 0 Å². The molecule has 6 rings (SSSR count). The summed E-state index contributed by atoms with van der Waals surface area (Å²) in [6.45, 7) is 11.1. The van der Waals surface area contributed by atoms with E-state index in [2.05, 4.69) is 126 Å². The Bertz CT molecular complexity index is 1740. The minimum Gasteiger partial charge on any atom is -0.455 e. The van der Waals surface area contributed by atoms with Gasteiger partial charge in [-0.3, -0.25) is 4.98 Å². The predicted molar refractivity (Wildman–Crippen MR) is 156 cm³/mol. The van der Waals surface area contributed by atoms with Crippen LogP contribution in [0, 0.1) is 13.8 Å². The van der Waals surface area contributed by atoms with E-state index in [4.69, 9.17) is 9.40 Å². The van der Waals surface area contributed by atoms with E-state index in [9.17, 15) is 0 Å². The van der Waals surface area contributed by atoms with Gasteiger partial charge in [-0.2, -0.15) is 0 Å². The Labute approximate surface area is 218 Å². The zero-order chi connectivity index (χ0) is 25.7. The molecule has 0 fully saturated rings. The van der Waals surface area contributed by atoms with Crippen LogP contribution < -0.4 is 0 Å². The number of para-hydroxylation sites is 1. The Kier molecular flexibility index (Phi) is 5.49. The van der Waals surface area contributed by atoms with Gasteiger partial charge < -0.3 is 4.42 Å². The van der Waals surface area contributed by atoms with Crippen LogP contribution in [0.25, 0.3) is 55.4 Å². The van der Waals surface area contributed by atoms with Gasteiger partial charge in [-0.25, -0.2) is 0 Å². The second kappa shape index (κ2) is 8.74. The number of fused-ring (bicyclic) bond motifs is 3. The van der Waals surface area contributed by atoms with Crippen LogP contribution in [0.2, 0.25) is 0 Å². The van der Waals surface area contributed by atoms with Crippen LogP contribution in [0.15, 0.2) is 102 Å². The molecular formula is C35H31NO. The SMILES string of the molecule is Cc1cc(-c2ccccc2)cc(C)c1-c1ccc2c(c1)oc1c(-c3cc(C(C)(C)C)ccn3)cccc12. The second-order valence-electron chi connectivity index (χ2n) is 11.0. The number of benzene rings is 4. The normalized spacial score (nSPS) is 11.9. The molecule has 0 spiro atoms. The van der Waals surface area contributed by atoms with Crippen molar-refractivity contribution in [3.05, 3.63) is 114 Å². The number of pyridine rings is 1. The van der Waals surface area contributed by atoms with Crippen molar-refractivity contribution in [3.63, 3.8) is 0 Å². The predicted octanol–water partition coefficient (Wildman–Crippen LogP) is 9.90. The van der Waals surface area contributed by atoms with Crippen LogP contribution in [0.3, 0.4) is 0 Å². The largest absolute Gasteiger partial charge is 0.455 e. The van der Waals surface area contributed by atoms with Gasteiger partial charge in [0.15, 0.2) is 0 Å². The summed E-state index contributed by atoms with van der Waals surface area (Å²) in [5, 5.41) is 2.25. The first kappa shape index (κ1) is 23.2. The van der Waals surface area contributed by atoms with Gasteiger partial charge in [0.05, 0.1) is 5.69 Å². The van der Waals surface area contributed by atoms with Crippen LogP contribution in [0.4, 0.5) is 0 Å². The highest BCUT2D eigenvalue weighted by atomic mass is 16.3. The number of furan rings is 1. The fraction of sp³-hybridized carbons (Fsp3) is 0.171. The van der Waals surface area contributed by atoms with Gasteiger partial charge in [-0.1, -0.05) is 81.4 Å². The van der Waals surface area contributed by atoms with Crippen LogP contribution in [0.5, 0.6) is 0 Å². The fourth-order valence-corrected chi connectivity index (χ4v) is 5.42. The molecule has 37 heavy (non-hydrogen) atoms. The van der Waals surface area contributed by atoms with Gasteiger partial charge in [0, 0.05) is 22.5 Å². The lowest BCUT2D eigenvalue weighted by Gasteiger charge is -2.19. The summed E-state index contributed by atoms with van der Waals surface area (Å²) in [6.07, 6.45) is 1.90. The topological polar surface area (TPSA) is 26.0 Å². The van der Waals surface area contributed by atoms with Crippen LogP contribution in [0.1, 0.15) is 37.5 Å². The summed E-state index contributed by atoms with van der Waals surface area (Å²) < 4.78 is 6.56. The van der Waals surface area contributed by atoms with Crippen molar-refractivity contribution < 1.29 is 4.42 Å². The second-order valence-corrected chi connectivity index (χ2v) is 11.0. The van der Waals surface area contributed by atoms with E-state index >= 15 is 0 Å². The summed E-state index contributed by atoms with van der Waals surface area (Å²) in [7, 11) is 0. The van der Waals surface area contributed by atoms with Crippen LogP contribution in [-0.2, 0) is 5.41 Å². The Balaban J connectivity index is 1.47. The van der Waals surface area contributed by atoms with Crippen molar-refractivity contribution in [2.75, 3.05) is 0 Å². The maximum absolute atomic E-state index is 6.56. The van der Waals surface area contributed by atoms with Crippen LogP contribution >= 0.6 is 0 Å². The van der Waals surface area contributed by atoms with Crippen molar-refractivity contribution in [3.8, 4) is 33.5 Å². The zero-order valence-electron chi connectivity index (χ0n) is 22.1. The fourth-order valence-electron chi connectivity index (χ4n) is 5.42. The van der Waals surface area contributed by atoms with Gasteiger partial charge in [-0.15, -0.1) is 0 Å². The molecule has 2 heterocycles. The third-order valence-electron chi connectivity index (χ3n) is 7.33. The van der Waals surface area contributed by atoms with E-state index in [-0.39, 0.29) is 5.41 Å². The first-order chi connectivity index (χ1) is 17.8. The minimum atomic E-state index is 0.0557. The molecule has 0 unspecified atom stereocenters. The standard InChI is InChI=1S/C35H31NO/c1-22-18-26(24-10-7-6-8-11-24)19-23(2)33(22)25-14-15-28-29-12-9-13-30(34(29)37-32(28)20-25)31-21-27(16-17-36-31)35(3,4)5/h6-21H,1-5H3. The number of hydrogen-bond donors (Lipinski definition) is 0. The van der Waals surface area contributed by atoms with E-state index in [1.165, 1.54) is 38.9 Å². The number of rotatable bonds is 3. The average Bonchev–Trinajstić information content (AvgIpc) is 3.26. The number of aromatic nitrogens is 1. The first-order valence-corrected chi connectivity index (χ1v) is 12.9. The first-order valence-electron chi connectivity index (χ1n) is 12.9. The number of nitrogens with zero attached hydrogens (tertiary/aromatic N) is 1. The summed E-state index contributed by atoms with van der Waals surface area (Å²) >= 11 is 0. The lowest BCUT2D eigenvalue weighted by atomic mass is 9.87. The molecule has 0 aliphatic rings. The minimum absolute atomic E-state index is 0.0557. The van der Waals surface area contributed by atoms with Gasteiger partial charge in [0.1, 0.15) is 11.2 Å². The molecule has 6 aromatic rings. The van der Waals surface area contributed by atoms with Gasteiger partial charge >= 0.3 is 0 Å². The van der Waals surface area contributed by atoms with Gasteiger partial charge in [-0.05, 0) is 88.5 Å². The molecule has 0 aliphatic carbocycles. The van der Waals surface area contributed by atoms with E-state index in [1.54, 1.807) is 0 Å². The Hall–Kier alpha value is -4.17. The summed E-state index contributed by atoms with van der Waals surface area (Å²) in [4.78, 5) is 4.70. The Morgan fingerprint density at radius 1 is 0.649 bits per heavy atom. The highest BCUT2D eigenvalue weighted by Crippen LogP contribution is 2.39. The molecule has 2 aromatic heterocycles. The molecule has 0 N–H and O–H groups in total. The maximum atomic E-state index is 6.56. The highest BCUT2D eigenvalue weighted by molar-refractivity contribution is 6.10. The molecule has 0 saturated heterocycles. The van der Waals surface area contributed by atoms with Crippen molar-refractivity contribution in [2.24, 2.45) is 0 Å². The van der Waals surface area contributed by atoms with Gasteiger partial charge in [0.25, 0.3) is 0 Å². The smallest absolute Gasteiger partial charge is 0.144 e. The third-order valence-corrected chi connectivity index (χ3v) is 7.33. The van der Waals surface area contributed by atoms with E-state index in [0.717, 1.165) is 33.2 Å². The van der Waals surface area contributed by atoms with E-state index in [1.807, 2.05) is 6.20 Å². The zero-order valence-corrected chi connectivity index (χ0v) is 22.1. The molecule has 2 nitrogen and oxygen atoms in total. The molecule has 182 valence electrons. The quantitative estimate of drug-likeness (QED) is 0.251. The molecule has 2 heteroatoms. The van der Waals surface area contributed by atoms with E-state index < -0.39 is 0 Å². The molecule has 4 aromatic carbocycles. The van der Waals surface area contributed by atoms with Crippen molar-refractivity contribution >= 4 is 21.9 Å². The van der Waals surface area contributed by atoms with Crippen molar-refractivity contribution in [1.82, 2.24) is 4.98 Å². The van der Waals surface area contributed by atoms with Crippen molar-refractivity contribution in [2.45, 2.75) is 40.0 Å². The summed E-state index contributed by atoms with van der Waals surface area (Å²) in [5.74, 6) is 0. The van der Waals surface area contributed by atoms with Gasteiger partial charge in [0.2, 0.25) is 0 Å². The summed E-state index contributed by atoms with van der Waals surface area (Å²) in [5.41, 5.74) is 12.5. The highest BCUT2D eigenvalue weighted by Gasteiger charge is 2.18. The summed E-state index contributed by atoms with van der Waals surface area (Å²) in [6, 6.07) is 32.4. The van der Waals surface area contributed by atoms with Crippen molar-refractivity contribution in [1.29, 1.82) is 0 Å². The molecule has 0 saturated carbocycles. The average molecular weight is 482 g/mol. The van der Waals surface area contributed by atoms with Crippen LogP contribution in [-0.4, -0.2) is 4.98 Å². The molecule has 0 aliphatic heterocycles. The maximum Gasteiger partial charge on any atom is 0.144 e. The number of aryl methyl sites for hydroxylation is 2. The molecule has 0 bridgehead atoms. The lowest BCUT2D eigenvalue weighted by molar-refractivity contribution is 0.589. The Morgan fingerprint density at radius 3 is 2.14 bits per heavy atom. The molecule has 0 radical (unpaired) electrons. The third kappa shape index (κ3) is 4.13. The molecule has 0 atom stereocenters. The monoisotopic (exact) mass is 481 g/mol. The Morgan fingerprint density at radius 2 is 1.41 bits per heavy atom.